The molecular weight excluding hydrogens is 212 g/mol. The normalized spacial score (nSPS) is 11.5. The first-order valence-corrected chi connectivity index (χ1v) is 5.12. The van der Waals surface area contributed by atoms with Crippen molar-refractivity contribution in [2.24, 2.45) is 0 Å². The van der Waals surface area contributed by atoms with E-state index in [1.807, 2.05) is 24.3 Å². The van der Waals surface area contributed by atoms with Crippen LogP contribution in [0, 0.1) is 0 Å². The van der Waals surface area contributed by atoms with Crippen LogP contribution in [-0.4, -0.2) is 11.1 Å². The highest BCUT2D eigenvalue weighted by Gasteiger charge is 1.98. The molecule has 15 heavy (non-hydrogen) atoms. The van der Waals surface area contributed by atoms with E-state index in [2.05, 4.69) is 0 Å². The molecule has 2 nitrogen and oxygen atoms in total. The summed E-state index contributed by atoms with van der Waals surface area (Å²) >= 11 is 5.83. The molecular formula is C12H13ClO2. The lowest BCUT2D eigenvalue weighted by molar-refractivity contribution is -0.132. The van der Waals surface area contributed by atoms with Gasteiger partial charge in [-0.05, 0) is 37.5 Å². The van der Waals surface area contributed by atoms with Gasteiger partial charge in [0, 0.05) is 10.6 Å². The van der Waals surface area contributed by atoms with Gasteiger partial charge in [0.2, 0.25) is 0 Å². The van der Waals surface area contributed by atoms with E-state index < -0.39 is 5.97 Å². The number of carboxylic acids is 1. The third-order valence-corrected chi connectivity index (χ3v) is 2.35. The van der Waals surface area contributed by atoms with Crippen molar-refractivity contribution in [2.45, 2.75) is 19.8 Å². The summed E-state index contributed by atoms with van der Waals surface area (Å²) in [5, 5.41) is 9.35. The molecule has 0 heterocycles. The van der Waals surface area contributed by atoms with Crippen LogP contribution < -0.4 is 0 Å². The van der Waals surface area contributed by atoms with E-state index >= 15 is 0 Å². The number of hydrogen-bond donors (Lipinski definition) is 1. The molecule has 3 heteroatoms. The smallest absolute Gasteiger partial charge is 0.330 e. The molecule has 0 aliphatic carbocycles. The summed E-state index contributed by atoms with van der Waals surface area (Å²) in [5.41, 5.74) is 1.51. The van der Waals surface area contributed by atoms with Crippen molar-refractivity contribution in [3.8, 4) is 0 Å². The predicted molar refractivity (Wildman–Crippen MR) is 61.2 cm³/mol. The molecule has 1 aromatic carbocycles. The van der Waals surface area contributed by atoms with Crippen LogP contribution in [0.5, 0.6) is 0 Å². The van der Waals surface area contributed by atoms with Gasteiger partial charge >= 0.3 is 5.97 Å². The van der Waals surface area contributed by atoms with E-state index in [0.717, 1.165) is 18.4 Å². The lowest BCUT2D eigenvalue weighted by Crippen LogP contribution is -1.96. The number of aliphatic carboxylic acids is 1. The zero-order chi connectivity index (χ0) is 11.3. The second-order valence-electron chi connectivity index (χ2n) is 3.36. The minimum absolute atomic E-state index is 0.386. The summed E-state index contributed by atoms with van der Waals surface area (Å²) in [6.07, 6.45) is 3.26. The SMILES string of the molecule is CC(=CCCc1cccc(Cl)c1)C(=O)O. The van der Waals surface area contributed by atoms with Gasteiger partial charge in [0.05, 0.1) is 0 Å². The van der Waals surface area contributed by atoms with Crippen molar-refractivity contribution in [3.05, 3.63) is 46.5 Å². The summed E-state index contributed by atoms with van der Waals surface area (Å²) < 4.78 is 0. The Morgan fingerprint density at radius 3 is 2.87 bits per heavy atom. The predicted octanol–water partition coefficient (Wildman–Crippen LogP) is 3.30. The molecule has 0 fully saturated rings. The number of carbonyl (C=O) groups is 1. The summed E-state index contributed by atoms with van der Waals surface area (Å²) in [6, 6.07) is 7.59. The van der Waals surface area contributed by atoms with Gasteiger partial charge in [-0.25, -0.2) is 4.79 Å². The van der Waals surface area contributed by atoms with E-state index in [0.29, 0.717) is 10.6 Å². The second kappa shape index (κ2) is 5.56. The molecule has 0 atom stereocenters. The van der Waals surface area contributed by atoms with Crippen LogP contribution in [0.15, 0.2) is 35.9 Å². The Morgan fingerprint density at radius 2 is 2.27 bits per heavy atom. The van der Waals surface area contributed by atoms with Gasteiger partial charge in [-0.15, -0.1) is 0 Å². The first-order valence-electron chi connectivity index (χ1n) is 4.74. The maximum atomic E-state index is 10.5. The highest BCUT2D eigenvalue weighted by atomic mass is 35.5. The van der Waals surface area contributed by atoms with E-state index in [4.69, 9.17) is 16.7 Å². The third-order valence-electron chi connectivity index (χ3n) is 2.11. The van der Waals surface area contributed by atoms with Crippen molar-refractivity contribution in [1.82, 2.24) is 0 Å². The van der Waals surface area contributed by atoms with Gasteiger partial charge in [0.15, 0.2) is 0 Å². The molecule has 0 spiro atoms. The Labute approximate surface area is 94.2 Å². The summed E-state index contributed by atoms with van der Waals surface area (Å²) in [6.45, 7) is 1.60. The van der Waals surface area contributed by atoms with Gasteiger partial charge in [-0.1, -0.05) is 29.8 Å². The van der Waals surface area contributed by atoms with Crippen LogP contribution in [0.4, 0.5) is 0 Å². The van der Waals surface area contributed by atoms with Crippen LogP contribution in [0.2, 0.25) is 5.02 Å². The Kier molecular flexibility index (Phi) is 4.37. The van der Waals surface area contributed by atoms with Gasteiger partial charge in [-0.3, -0.25) is 0 Å². The number of benzene rings is 1. The topological polar surface area (TPSA) is 37.3 Å². The monoisotopic (exact) mass is 224 g/mol. The van der Waals surface area contributed by atoms with E-state index in [9.17, 15) is 4.79 Å². The number of rotatable bonds is 4. The molecule has 0 aliphatic heterocycles. The summed E-state index contributed by atoms with van der Waals surface area (Å²) in [4.78, 5) is 10.5. The lowest BCUT2D eigenvalue weighted by atomic mass is 10.1. The van der Waals surface area contributed by atoms with Crippen molar-refractivity contribution in [2.75, 3.05) is 0 Å². The van der Waals surface area contributed by atoms with Crippen molar-refractivity contribution >= 4 is 17.6 Å². The Morgan fingerprint density at radius 1 is 1.53 bits per heavy atom. The zero-order valence-corrected chi connectivity index (χ0v) is 9.29. The second-order valence-corrected chi connectivity index (χ2v) is 3.80. The van der Waals surface area contributed by atoms with Gasteiger partial charge in [0.25, 0.3) is 0 Å². The molecule has 0 unspecified atom stereocenters. The number of carboxylic acid groups (broad SMARTS) is 1. The maximum Gasteiger partial charge on any atom is 0.330 e. The Hall–Kier alpha value is -1.28. The quantitative estimate of drug-likeness (QED) is 0.797. The molecule has 0 amide bonds. The number of hydrogen-bond acceptors (Lipinski definition) is 1. The number of aryl methyl sites for hydroxylation is 1. The third kappa shape index (κ3) is 4.17. The molecule has 1 N–H and O–H groups in total. The van der Waals surface area contributed by atoms with Crippen LogP contribution >= 0.6 is 11.6 Å². The fraction of sp³-hybridized carbons (Fsp3) is 0.250. The molecule has 1 aromatic rings. The van der Waals surface area contributed by atoms with E-state index in [1.165, 1.54) is 0 Å². The van der Waals surface area contributed by atoms with Crippen molar-refractivity contribution < 1.29 is 9.90 Å². The first-order chi connectivity index (χ1) is 7.09. The fourth-order valence-electron chi connectivity index (χ4n) is 1.24. The summed E-state index contributed by atoms with van der Waals surface area (Å²) in [5.74, 6) is -0.860. The molecule has 1 rings (SSSR count). The van der Waals surface area contributed by atoms with Gasteiger partial charge in [-0.2, -0.15) is 0 Å². The maximum absolute atomic E-state index is 10.5. The molecule has 0 aromatic heterocycles. The van der Waals surface area contributed by atoms with Crippen molar-refractivity contribution in [1.29, 1.82) is 0 Å². The highest BCUT2D eigenvalue weighted by Crippen LogP contribution is 2.12. The standard InChI is InChI=1S/C12H13ClO2/c1-9(12(14)15)4-2-5-10-6-3-7-11(13)8-10/h3-4,6-8H,2,5H2,1H3,(H,14,15). The van der Waals surface area contributed by atoms with Crippen LogP contribution in [-0.2, 0) is 11.2 Å². The molecule has 0 radical (unpaired) electrons. The lowest BCUT2D eigenvalue weighted by Gasteiger charge is -1.99. The Balaban J connectivity index is 2.51. The Bertz CT molecular complexity index is 383. The highest BCUT2D eigenvalue weighted by molar-refractivity contribution is 6.30. The molecule has 0 saturated carbocycles. The summed E-state index contributed by atoms with van der Waals surface area (Å²) in [7, 11) is 0. The number of halogens is 1. The molecule has 80 valence electrons. The molecule has 0 bridgehead atoms. The molecule has 0 aliphatic rings. The average Bonchev–Trinajstić information content (AvgIpc) is 2.17. The fourth-order valence-corrected chi connectivity index (χ4v) is 1.45. The minimum Gasteiger partial charge on any atom is -0.478 e. The largest absolute Gasteiger partial charge is 0.478 e. The van der Waals surface area contributed by atoms with E-state index in [1.54, 1.807) is 13.0 Å². The van der Waals surface area contributed by atoms with Crippen LogP contribution in [0.25, 0.3) is 0 Å². The van der Waals surface area contributed by atoms with Crippen LogP contribution in [0.1, 0.15) is 18.9 Å². The number of allylic oxidation sites excluding steroid dienone is 1. The van der Waals surface area contributed by atoms with Crippen LogP contribution in [0.3, 0.4) is 0 Å². The average molecular weight is 225 g/mol. The minimum atomic E-state index is -0.860. The van der Waals surface area contributed by atoms with Crippen molar-refractivity contribution in [3.63, 3.8) is 0 Å². The zero-order valence-electron chi connectivity index (χ0n) is 8.53. The van der Waals surface area contributed by atoms with E-state index in [-0.39, 0.29) is 0 Å². The van der Waals surface area contributed by atoms with Gasteiger partial charge < -0.3 is 5.11 Å². The first kappa shape index (κ1) is 11.8. The molecule has 0 saturated heterocycles. The van der Waals surface area contributed by atoms with Gasteiger partial charge in [0.1, 0.15) is 0 Å².